The van der Waals surface area contributed by atoms with E-state index in [0.29, 0.717) is 12.5 Å². The summed E-state index contributed by atoms with van der Waals surface area (Å²) in [7, 11) is 0. The standard InChI is InChI=1S/C12H17N3O2.ClH/c16-12(17)9-1-2-10-6-14-11(15(10)7-9)8-3-4-13-5-8;/h6,8-9,13H,1-5,7H2,(H,16,17);1H. The number of aliphatic carboxylic acids is 1. The van der Waals surface area contributed by atoms with Gasteiger partial charge in [0, 0.05) is 30.9 Å². The lowest BCUT2D eigenvalue weighted by molar-refractivity contribution is -0.142. The smallest absolute Gasteiger partial charge is 0.308 e. The quantitative estimate of drug-likeness (QED) is 0.843. The molecule has 1 fully saturated rings. The number of nitrogens with one attached hydrogen (secondary N) is 1. The lowest BCUT2D eigenvalue weighted by Crippen LogP contribution is -2.28. The first kappa shape index (κ1) is 13.4. The Bertz CT molecular complexity index is 441. The predicted molar refractivity (Wildman–Crippen MR) is 69.1 cm³/mol. The van der Waals surface area contributed by atoms with E-state index in [1.165, 1.54) is 5.69 Å². The molecule has 18 heavy (non-hydrogen) atoms. The second-order valence-corrected chi connectivity index (χ2v) is 4.98. The third kappa shape index (κ3) is 2.24. The lowest BCUT2D eigenvalue weighted by atomic mass is 9.97. The topological polar surface area (TPSA) is 67.2 Å². The Morgan fingerprint density at radius 3 is 3.00 bits per heavy atom. The van der Waals surface area contributed by atoms with E-state index in [1.54, 1.807) is 0 Å². The third-order valence-corrected chi connectivity index (χ3v) is 3.90. The third-order valence-electron chi connectivity index (χ3n) is 3.90. The number of hydrogen-bond donors (Lipinski definition) is 2. The molecule has 0 saturated carbocycles. The molecular weight excluding hydrogens is 254 g/mol. The van der Waals surface area contributed by atoms with Gasteiger partial charge in [-0.2, -0.15) is 0 Å². The number of rotatable bonds is 2. The monoisotopic (exact) mass is 271 g/mol. The second-order valence-electron chi connectivity index (χ2n) is 4.98. The van der Waals surface area contributed by atoms with Crippen molar-refractivity contribution < 1.29 is 9.90 Å². The minimum absolute atomic E-state index is 0. The highest BCUT2D eigenvalue weighted by molar-refractivity contribution is 5.85. The molecule has 6 heteroatoms. The number of aromatic nitrogens is 2. The Kier molecular flexibility index (Phi) is 3.92. The van der Waals surface area contributed by atoms with E-state index in [1.807, 2.05) is 6.20 Å². The maximum Gasteiger partial charge on any atom is 0.308 e. The Labute approximate surface area is 112 Å². The molecule has 0 aromatic carbocycles. The molecule has 2 unspecified atom stereocenters. The van der Waals surface area contributed by atoms with Gasteiger partial charge in [-0.1, -0.05) is 0 Å². The van der Waals surface area contributed by atoms with Crippen LogP contribution < -0.4 is 5.32 Å². The minimum atomic E-state index is -0.681. The first-order valence-electron chi connectivity index (χ1n) is 6.23. The number of carboxylic acids is 1. The molecule has 1 aromatic heterocycles. The van der Waals surface area contributed by atoms with Crippen LogP contribution in [-0.2, 0) is 17.8 Å². The number of halogens is 1. The Morgan fingerprint density at radius 2 is 2.33 bits per heavy atom. The van der Waals surface area contributed by atoms with Gasteiger partial charge < -0.3 is 15.0 Å². The molecule has 100 valence electrons. The van der Waals surface area contributed by atoms with Gasteiger partial charge in [0.1, 0.15) is 5.82 Å². The average Bonchev–Trinajstić information content (AvgIpc) is 2.96. The van der Waals surface area contributed by atoms with Gasteiger partial charge in [0.25, 0.3) is 0 Å². The zero-order valence-corrected chi connectivity index (χ0v) is 10.9. The molecule has 2 atom stereocenters. The molecule has 0 aliphatic carbocycles. The van der Waals surface area contributed by atoms with Crippen LogP contribution in [0, 0.1) is 5.92 Å². The molecule has 0 amide bonds. The van der Waals surface area contributed by atoms with Crippen molar-refractivity contribution in [2.45, 2.75) is 31.7 Å². The van der Waals surface area contributed by atoms with Crippen LogP contribution >= 0.6 is 12.4 Å². The van der Waals surface area contributed by atoms with Gasteiger partial charge in [-0.15, -0.1) is 12.4 Å². The van der Waals surface area contributed by atoms with Gasteiger partial charge in [-0.05, 0) is 25.8 Å². The van der Waals surface area contributed by atoms with Crippen molar-refractivity contribution >= 4 is 18.4 Å². The normalized spacial score (nSPS) is 26.4. The largest absolute Gasteiger partial charge is 0.481 e. The average molecular weight is 272 g/mol. The summed E-state index contributed by atoms with van der Waals surface area (Å²) in [5.41, 5.74) is 1.20. The SMILES string of the molecule is Cl.O=C(O)C1CCc2cnc(C3CCNC3)n2C1. The van der Waals surface area contributed by atoms with Crippen LogP contribution in [0.1, 0.15) is 30.3 Å². The fraction of sp³-hybridized carbons (Fsp3) is 0.667. The summed E-state index contributed by atoms with van der Waals surface area (Å²) in [6, 6.07) is 0. The van der Waals surface area contributed by atoms with Crippen molar-refractivity contribution in [2.24, 2.45) is 5.92 Å². The van der Waals surface area contributed by atoms with Gasteiger partial charge >= 0.3 is 5.97 Å². The molecule has 5 nitrogen and oxygen atoms in total. The van der Waals surface area contributed by atoms with Crippen LogP contribution in [0.4, 0.5) is 0 Å². The zero-order valence-electron chi connectivity index (χ0n) is 10.1. The van der Waals surface area contributed by atoms with Gasteiger partial charge in [0.2, 0.25) is 0 Å². The number of nitrogens with zero attached hydrogens (tertiary/aromatic N) is 2. The van der Waals surface area contributed by atoms with E-state index in [2.05, 4.69) is 14.9 Å². The van der Waals surface area contributed by atoms with Crippen molar-refractivity contribution in [3.05, 3.63) is 17.7 Å². The van der Waals surface area contributed by atoms with Gasteiger partial charge in [-0.25, -0.2) is 4.98 Å². The van der Waals surface area contributed by atoms with E-state index in [4.69, 9.17) is 5.11 Å². The lowest BCUT2D eigenvalue weighted by Gasteiger charge is -2.23. The van der Waals surface area contributed by atoms with Crippen LogP contribution in [-0.4, -0.2) is 33.7 Å². The first-order chi connectivity index (χ1) is 8.25. The molecule has 2 aliphatic rings. The number of carbonyl (C=O) groups is 1. The maximum atomic E-state index is 11.1. The van der Waals surface area contributed by atoms with Crippen molar-refractivity contribution in [1.29, 1.82) is 0 Å². The summed E-state index contributed by atoms with van der Waals surface area (Å²) >= 11 is 0. The maximum absolute atomic E-state index is 11.1. The molecule has 3 rings (SSSR count). The summed E-state index contributed by atoms with van der Waals surface area (Å²) in [4.78, 5) is 15.6. The van der Waals surface area contributed by atoms with Crippen molar-refractivity contribution in [3.8, 4) is 0 Å². The number of aryl methyl sites for hydroxylation is 1. The molecule has 0 spiro atoms. The predicted octanol–water partition coefficient (Wildman–Crippen LogP) is 1.03. The van der Waals surface area contributed by atoms with Gasteiger partial charge in [0.15, 0.2) is 0 Å². The summed E-state index contributed by atoms with van der Waals surface area (Å²) in [6.07, 6.45) is 4.60. The van der Waals surface area contributed by atoms with Gasteiger partial charge in [0.05, 0.1) is 5.92 Å². The fourth-order valence-corrected chi connectivity index (χ4v) is 2.87. The molecule has 3 heterocycles. The van der Waals surface area contributed by atoms with Crippen molar-refractivity contribution in [2.75, 3.05) is 13.1 Å². The summed E-state index contributed by atoms with van der Waals surface area (Å²) < 4.78 is 2.14. The number of carboxylic acid groups (broad SMARTS) is 1. The van der Waals surface area contributed by atoms with Crippen LogP contribution in [0.5, 0.6) is 0 Å². The van der Waals surface area contributed by atoms with E-state index in [9.17, 15) is 4.79 Å². The fourth-order valence-electron chi connectivity index (χ4n) is 2.87. The first-order valence-corrected chi connectivity index (χ1v) is 6.23. The molecule has 1 aromatic rings. The zero-order chi connectivity index (χ0) is 11.8. The van der Waals surface area contributed by atoms with Gasteiger partial charge in [-0.3, -0.25) is 4.79 Å². The Balaban J connectivity index is 0.00000120. The molecule has 2 N–H and O–H groups in total. The van der Waals surface area contributed by atoms with E-state index in [0.717, 1.165) is 38.2 Å². The molecule has 2 aliphatic heterocycles. The second kappa shape index (κ2) is 5.28. The Morgan fingerprint density at radius 1 is 1.50 bits per heavy atom. The number of imidazole rings is 1. The Hall–Kier alpha value is -1.07. The number of fused-ring (bicyclic) bond motifs is 1. The highest BCUT2D eigenvalue weighted by Crippen LogP contribution is 2.28. The minimum Gasteiger partial charge on any atom is -0.481 e. The molecule has 0 radical (unpaired) electrons. The molecular formula is C12H18ClN3O2. The van der Waals surface area contributed by atoms with Crippen molar-refractivity contribution in [1.82, 2.24) is 14.9 Å². The van der Waals surface area contributed by atoms with Crippen LogP contribution in [0.25, 0.3) is 0 Å². The summed E-state index contributed by atoms with van der Waals surface area (Å²) in [5.74, 6) is 0.608. The number of hydrogen-bond acceptors (Lipinski definition) is 3. The summed E-state index contributed by atoms with van der Waals surface area (Å²) in [5, 5.41) is 12.4. The highest BCUT2D eigenvalue weighted by Gasteiger charge is 2.29. The van der Waals surface area contributed by atoms with E-state index in [-0.39, 0.29) is 18.3 Å². The van der Waals surface area contributed by atoms with Crippen LogP contribution in [0.15, 0.2) is 6.20 Å². The molecule has 1 saturated heterocycles. The van der Waals surface area contributed by atoms with E-state index < -0.39 is 5.97 Å². The van der Waals surface area contributed by atoms with Crippen molar-refractivity contribution in [3.63, 3.8) is 0 Å². The highest BCUT2D eigenvalue weighted by atomic mass is 35.5. The summed E-state index contributed by atoms with van der Waals surface area (Å²) in [6.45, 7) is 2.60. The van der Waals surface area contributed by atoms with Crippen LogP contribution in [0.3, 0.4) is 0 Å². The van der Waals surface area contributed by atoms with Crippen LogP contribution in [0.2, 0.25) is 0 Å². The molecule has 0 bridgehead atoms. The van der Waals surface area contributed by atoms with E-state index >= 15 is 0 Å².